The molecule has 0 aliphatic heterocycles. The Morgan fingerprint density at radius 3 is 2.00 bits per heavy atom. The van der Waals surface area contributed by atoms with E-state index >= 15 is 0 Å². The summed E-state index contributed by atoms with van der Waals surface area (Å²) in [5.41, 5.74) is -0.128. The maximum Gasteiger partial charge on any atom is 0.0745 e. The molecular weight excluding hydrogens is 140 g/mol. The number of hydrogen-bond donors (Lipinski definition) is 1. The molecule has 0 aliphatic carbocycles. The van der Waals surface area contributed by atoms with Crippen LogP contribution in [0.15, 0.2) is 0 Å². The Labute approximate surface area is 69.6 Å². The van der Waals surface area contributed by atoms with Crippen LogP contribution in [-0.4, -0.2) is 23.4 Å². The molecule has 1 atom stereocenters. The molecule has 0 aromatic rings. The van der Waals surface area contributed by atoms with Gasteiger partial charge in [0, 0.05) is 0 Å². The van der Waals surface area contributed by atoms with Crippen LogP contribution in [0.3, 0.4) is 0 Å². The monoisotopic (exact) mass is 160 g/mol. The van der Waals surface area contributed by atoms with Crippen LogP contribution >= 0.6 is 0 Å². The van der Waals surface area contributed by atoms with Crippen LogP contribution in [0.5, 0.6) is 0 Å². The molecule has 0 radical (unpaired) electrons. The van der Waals surface area contributed by atoms with E-state index in [1.165, 1.54) is 0 Å². The molecule has 0 bridgehead atoms. The number of ether oxygens (including phenoxy) is 1. The molecule has 0 heterocycles. The Kier molecular flexibility index (Phi) is 4.04. The minimum Gasteiger partial charge on any atom is -0.391 e. The molecule has 1 N–H and O–H groups in total. The SMILES string of the molecule is CC(O)COC(C)(C)C(C)C. The highest BCUT2D eigenvalue weighted by Crippen LogP contribution is 2.20. The smallest absolute Gasteiger partial charge is 0.0745 e. The summed E-state index contributed by atoms with van der Waals surface area (Å²) in [6, 6.07) is 0. The van der Waals surface area contributed by atoms with Crippen molar-refractivity contribution in [2.24, 2.45) is 5.92 Å². The Hall–Kier alpha value is -0.0800. The third-order valence-electron chi connectivity index (χ3n) is 2.09. The maximum atomic E-state index is 8.97. The first-order chi connectivity index (χ1) is 4.86. The summed E-state index contributed by atoms with van der Waals surface area (Å²) in [5, 5.41) is 8.97. The Morgan fingerprint density at radius 2 is 1.73 bits per heavy atom. The van der Waals surface area contributed by atoms with E-state index in [2.05, 4.69) is 13.8 Å². The van der Waals surface area contributed by atoms with Crippen LogP contribution in [-0.2, 0) is 4.74 Å². The molecule has 0 amide bonds. The molecule has 0 aromatic carbocycles. The fourth-order valence-electron chi connectivity index (χ4n) is 0.502. The fourth-order valence-corrected chi connectivity index (χ4v) is 0.502. The van der Waals surface area contributed by atoms with Crippen molar-refractivity contribution in [1.82, 2.24) is 0 Å². The zero-order valence-electron chi connectivity index (χ0n) is 8.22. The standard InChI is InChI=1S/C9H20O2/c1-7(2)9(4,5)11-6-8(3)10/h7-8,10H,6H2,1-5H3. The van der Waals surface area contributed by atoms with Gasteiger partial charge in [0.05, 0.1) is 18.3 Å². The van der Waals surface area contributed by atoms with Crippen LogP contribution in [0.4, 0.5) is 0 Å². The van der Waals surface area contributed by atoms with Gasteiger partial charge in [0.15, 0.2) is 0 Å². The van der Waals surface area contributed by atoms with Crippen molar-refractivity contribution >= 4 is 0 Å². The average molecular weight is 160 g/mol. The molecule has 0 aliphatic rings. The van der Waals surface area contributed by atoms with Crippen LogP contribution in [0, 0.1) is 5.92 Å². The Balaban J connectivity index is 3.73. The first kappa shape index (κ1) is 10.9. The van der Waals surface area contributed by atoms with Gasteiger partial charge < -0.3 is 9.84 Å². The predicted octanol–water partition coefficient (Wildman–Crippen LogP) is 1.82. The summed E-state index contributed by atoms with van der Waals surface area (Å²) >= 11 is 0. The lowest BCUT2D eigenvalue weighted by molar-refractivity contribution is -0.0796. The molecular formula is C9H20O2. The van der Waals surface area contributed by atoms with E-state index in [1.54, 1.807) is 6.92 Å². The maximum absolute atomic E-state index is 8.97. The highest BCUT2D eigenvalue weighted by molar-refractivity contribution is 4.72. The summed E-state index contributed by atoms with van der Waals surface area (Å²) in [6.07, 6.45) is -0.368. The summed E-state index contributed by atoms with van der Waals surface area (Å²) in [7, 11) is 0. The second-order valence-corrected chi connectivity index (χ2v) is 3.92. The third kappa shape index (κ3) is 4.38. The van der Waals surface area contributed by atoms with Crippen molar-refractivity contribution in [2.45, 2.75) is 46.3 Å². The summed E-state index contributed by atoms with van der Waals surface area (Å²) < 4.78 is 5.50. The van der Waals surface area contributed by atoms with Gasteiger partial charge in [-0.3, -0.25) is 0 Å². The van der Waals surface area contributed by atoms with E-state index in [0.29, 0.717) is 12.5 Å². The van der Waals surface area contributed by atoms with E-state index in [9.17, 15) is 0 Å². The van der Waals surface area contributed by atoms with Gasteiger partial charge in [-0.25, -0.2) is 0 Å². The van der Waals surface area contributed by atoms with Gasteiger partial charge in [-0.1, -0.05) is 13.8 Å². The number of aliphatic hydroxyl groups is 1. The average Bonchev–Trinajstić information content (AvgIpc) is 1.84. The topological polar surface area (TPSA) is 29.5 Å². The van der Waals surface area contributed by atoms with Crippen LogP contribution in [0.25, 0.3) is 0 Å². The lowest BCUT2D eigenvalue weighted by atomic mass is 9.95. The van der Waals surface area contributed by atoms with Gasteiger partial charge in [-0.15, -0.1) is 0 Å². The van der Waals surface area contributed by atoms with Crippen molar-refractivity contribution < 1.29 is 9.84 Å². The van der Waals surface area contributed by atoms with Crippen molar-refractivity contribution in [2.75, 3.05) is 6.61 Å². The van der Waals surface area contributed by atoms with Gasteiger partial charge in [0.25, 0.3) is 0 Å². The molecule has 11 heavy (non-hydrogen) atoms. The molecule has 68 valence electrons. The second-order valence-electron chi connectivity index (χ2n) is 3.92. The summed E-state index contributed by atoms with van der Waals surface area (Å²) in [4.78, 5) is 0. The molecule has 0 saturated heterocycles. The quantitative estimate of drug-likeness (QED) is 0.679. The summed E-state index contributed by atoms with van der Waals surface area (Å²) in [6.45, 7) is 10.5. The van der Waals surface area contributed by atoms with Gasteiger partial charge >= 0.3 is 0 Å². The fraction of sp³-hybridized carbons (Fsp3) is 1.00. The number of rotatable bonds is 4. The zero-order valence-corrected chi connectivity index (χ0v) is 8.22. The van der Waals surface area contributed by atoms with E-state index in [0.717, 1.165) is 0 Å². The number of hydrogen-bond acceptors (Lipinski definition) is 2. The van der Waals surface area contributed by atoms with Gasteiger partial charge in [-0.05, 0) is 26.7 Å². The molecule has 0 saturated carbocycles. The Morgan fingerprint density at radius 1 is 1.27 bits per heavy atom. The van der Waals surface area contributed by atoms with Gasteiger partial charge in [0.1, 0.15) is 0 Å². The number of aliphatic hydroxyl groups excluding tert-OH is 1. The molecule has 0 fully saturated rings. The minimum absolute atomic E-state index is 0.128. The van der Waals surface area contributed by atoms with Crippen molar-refractivity contribution in [3.63, 3.8) is 0 Å². The van der Waals surface area contributed by atoms with Crippen molar-refractivity contribution in [3.05, 3.63) is 0 Å². The lowest BCUT2D eigenvalue weighted by Crippen LogP contribution is -2.33. The highest BCUT2D eigenvalue weighted by Gasteiger charge is 2.23. The molecule has 0 rings (SSSR count). The molecule has 2 heteroatoms. The van der Waals surface area contributed by atoms with E-state index in [4.69, 9.17) is 9.84 Å². The van der Waals surface area contributed by atoms with Crippen LogP contribution in [0.1, 0.15) is 34.6 Å². The lowest BCUT2D eigenvalue weighted by Gasteiger charge is -2.30. The van der Waals surface area contributed by atoms with Gasteiger partial charge in [-0.2, -0.15) is 0 Å². The first-order valence-corrected chi connectivity index (χ1v) is 4.18. The second kappa shape index (κ2) is 4.07. The molecule has 2 nitrogen and oxygen atoms in total. The van der Waals surface area contributed by atoms with Gasteiger partial charge in [0.2, 0.25) is 0 Å². The normalized spacial score (nSPS) is 15.5. The first-order valence-electron chi connectivity index (χ1n) is 4.18. The summed E-state index contributed by atoms with van der Waals surface area (Å²) in [5.74, 6) is 0.473. The van der Waals surface area contributed by atoms with Crippen LogP contribution in [0.2, 0.25) is 0 Å². The van der Waals surface area contributed by atoms with E-state index in [-0.39, 0.29) is 11.7 Å². The predicted molar refractivity (Wildman–Crippen MR) is 46.5 cm³/mol. The van der Waals surface area contributed by atoms with E-state index < -0.39 is 0 Å². The minimum atomic E-state index is -0.368. The highest BCUT2D eigenvalue weighted by atomic mass is 16.5. The molecule has 1 unspecified atom stereocenters. The van der Waals surface area contributed by atoms with Crippen molar-refractivity contribution in [3.8, 4) is 0 Å². The van der Waals surface area contributed by atoms with E-state index in [1.807, 2.05) is 13.8 Å². The van der Waals surface area contributed by atoms with Crippen molar-refractivity contribution in [1.29, 1.82) is 0 Å². The van der Waals surface area contributed by atoms with Crippen LogP contribution < -0.4 is 0 Å². The zero-order chi connectivity index (χ0) is 9.07. The molecule has 0 spiro atoms. The Bertz CT molecular complexity index is 106. The third-order valence-corrected chi connectivity index (χ3v) is 2.09. The molecule has 0 aromatic heterocycles. The largest absolute Gasteiger partial charge is 0.391 e.